The predicted octanol–water partition coefficient (Wildman–Crippen LogP) is 5.42. The summed E-state index contributed by atoms with van der Waals surface area (Å²) in [7, 11) is -3.51. The predicted molar refractivity (Wildman–Crippen MR) is 144 cm³/mol. The van der Waals surface area contributed by atoms with Crippen molar-refractivity contribution in [3.05, 3.63) is 114 Å². The molecule has 2 amide bonds. The van der Waals surface area contributed by atoms with Crippen molar-refractivity contribution in [1.29, 1.82) is 0 Å². The summed E-state index contributed by atoms with van der Waals surface area (Å²) in [5.41, 5.74) is 12.0. The molecule has 0 bridgehead atoms. The fourth-order valence-corrected chi connectivity index (χ4v) is 4.76. The maximum atomic E-state index is 15.1. The van der Waals surface area contributed by atoms with Gasteiger partial charge in [-0.05, 0) is 47.0 Å². The summed E-state index contributed by atoms with van der Waals surface area (Å²) >= 11 is 0. The van der Waals surface area contributed by atoms with Crippen LogP contribution in [0.4, 0.5) is 20.6 Å². The number of hydrogen-bond donors (Lipinski definition) is 3. The van der Waals surface area contributed by atoms with Crippen molar-refractivity contribution < 1.29 is 17.6 Å². The van der Waals surface area contributed by atoms with Gasteiger partial charge in [-0.15, -0.1) is 0 Å². The standard InChI is InChI=1S/C28H27FN4O3S/c1-37(35,36)27-13-6-5-12-24(27)22-14-15-26(25(29)17-22)31-28(34)33(19-20-8-3-2-4-9-20)32-23-11-7-10-21(16-23)18-30/h2-17,32H,18-19,30H2,1H3,(H,31,34). The Balaban J connectivity index is 1.59. The van der Waals surface area contributed by atoms with Gasteiger partial charge in [0.15, 0.2) is 9.84 Å². The third-order valence-corrected chi connectivity index (χ3v) is 6.82. The van der Waals surface area contributed by atoms with E-state index in [0.29, 0.717) is 23.4 Å². The second kappa shape index (κ2) is 11.2. The van der Waals surface area contributed by atoms with Gasteiger partial charge in [0.25, 0.3) is 0 Å². The van der Waals surface area contributed by atoms with Crippen molar-refractivity contribution >= 4 is 27.2 Å². The zero-order valence-corrected chi connectivity index (χ0v) is 21.0. The van der Waals surface area contributed by atoms with Gasteiger partial charge in [0.1, 0.15) is 5.82 Å². The lowest BCUT2D eigenvalue weighted by molar-refractivity contribution is 0.220. The van der Waals surface area contributed by atoms with Crippen LogP contribution in [0.25, 0.3) is 11.1 Å². The van der Waals surface area contributed by atoms with Crippen LogP contribution in [0.3, 0.4) is 0 Å². The van der Waals surface area contributed by atoms with Crippen molar-refractivity contribution in [3.8, 4) is 11.1 Å². The van der Waals surface area contributed by atoms with Crippen LogP contribution in [-0.4, -0.2) is 25.7 Å². The number of carbonyl (C=O) groups excluding carboxylic acids is 1. The van der Waals surface area contributed by atoms with Crippen molar-refractivity contribution in [2.75, 3.05) is 17.0 Å². The van der Waals surface area contributed by atoms with Gasteiger partial charge in [0, 0.05) is 18.4 Å². The summed E-state index contributed by atoms with van der Waals surface area (Å²) in [4.78, 5) is 13.4. The highest BCUT2D eigenvalue weighted by molar-refractivity contribution is 7.90. The van der Waals surface area contributed by atoms with Crippen molar-refractivity contribution in [3.63, 3.8) is 0 Å². The lowest BCUT2D eigenvalue weighted by Crippen LogP contribution is -2.39. The molecule has 0 atom stereocenters. The Morgan fingerprint density at radius 3 is 2.30 bits per heavy atom. The molecule has 0 unspecified atom stereocenters. The maximum absolute atomic E-state index is 15.1. The molecule has 9 heteroatoms. The quantitative estimate of drug-likeness (QED) is 0.270. The number of carbonyl (C=O) groups is 1. The highest BCUT2D eigenvalue weighted by Gasteiger charge is 2.19. The molecule has 0 heterocycles. The Bertz CT molecular complexity index is 1510. The molecule has 0 radical (unpaired) electrons. The molecule has 0 aromatic heterocycles. The number of nitrogens with two attached hydrogens (primary N) is 1. The number of urea groups is 1. The molecule has 0 spiro atoms. The highest BCUT2D eigenvalue weighted by Crippen LogP contribution is 2.30. The number of halogens is 1. The van der Waals surface area contributed by atoms with Gasteiger partial charge in [0.2, 0.25) is 0 Å². The van der Waals surface area contributed by atoms with E-state index in [1.165, 1.54) is 23.2 Å². The molecule has 0 aliphatic rings. The van der Waals surface area contributed by atoms with Crippen LogP contribution in [0.1, 0.15) is 11.1 Å². The summed E-state index contributed by atoms with van der Waals surface area (Å²) in [5.74, 6) is -0.695. The van der Waals surface area contributed by atoms with Gasteiger partial charge in [-0.1, -0.05) is 66.7 Å². The van der Waals surface area contributed by atoms with Crippen LogP contribution in [0.15, 0.2) is 102 Å². The van der Waals surface area contributed by atoms with Crippen LogP contribution in [0, 0.1) is 5.82 Å². The highest BCUT2D eigenvalue weighted by atomic mass is 32.2. The molecule has 190 valence electrons. The number of nitrogens with zero attached hydrogens (tertiary/aromatic N) is 1. The average molecular weight is 519 g/mol. The molecule has 4 rings (SSSR count). The Morgan fingerprint density at radius 1 is 0.892 bits per heavy atom. The van der Waals surface area contributed by atoms with Crippen LogP contribution in [0.5, 0.6) is 0 Å². The van der Waals surface area contributed by atoms with Gasteiger partial charge in [0.05, 0.1) is 22.8 Å². The molecule has 7 nitrogen and oxygen atoms in total. The van der Waals surface area contributed by atoms with Crippen LogP contribution in [-0.2, 0) is 22.9 Å². The van der Waals surface area contributed by atoms with Crippen molar-refractivity contribution in [2.24, 2.45) is 5.73 Å². The number of amides is 2. The monoisotopic (exact) mass is 518 g/mol. The van der Waals surface area contributed by atoms with E-state index in [2.05, 4.69) is 10.7 Å². The molecule has 0 aliphatic heterocycles. The number of hydrazine groups is 1. The summed E-state index contributed by atoms with van der Waals surface area (Å²) in [6, 6.07) is 26.7. The van der Waals surface area contributed by atoms with Gasteiger partial charge >= 0.3 is 6.03 Å². The van der Waals surface area contributed by atoms with Gasteiger partial charge in [-0.3, -0.25) is 5.43 Å². The van der Waals surface area contributed by atoms with Crippen LogP contribution < -0.4 is 16.5 Å². The number of nitrogens with one attached hydrogen (secondary N) is 2. The van der Waals surface area contributed by atoms with E-state index in [1.807, 2.05) is 48.5 Å². The average Bonchev–Trinajstić information content (AvgIpc) is 2.89. The maximum Gasteiger partial charge on any atom is 0.340 e. The van der Waals surface area contributed by atoms with E-state index < -0.39 is 21.7 Å². The topological polar surface area (TPSA) is 105 Å². The largest absolute Gasteiger partial charge is 0.340 e. The second-order valence-electron chi connectivity index (χ2n) is 8.48. The molecule has 4 N–H and O–H groups in total. The lowest BCUT2D eigenvalue weighted by atomic mass is 10.1. The van der Waals surface area contributed by atoms with Gasteiger partial charge < -0.3 is 11.1 Å². The Hall–Kier alpha value is -4.21. The summed E-state index contributed by atoms with van der Waals surface area (Å²) in [6.07, 6.45) is 1.11. The van der Waals surface area contributed by atoms with E-state index >= 15 is 4.39 Å². The zero-order valence-electron chi connectivity index (χ0n) is 20.2. The third kappa shape index (κ3) is 6.52. The molecule has 0 saturated carbocycles. The minimum Gasteiger partial charge on any atom is -0.326 e. The Labute approximate surface area is 215 Å². The number of rotatable bonds is 8. The third-order valence-electron chi connectivity index (χ3n) is 5.66. The fraction of sp³-hybridized carbons (Fsp3) is 0.107. The molecule has 37 heavy (non-hydrogen) atoms. The molecular formula is C28H27FN4O3S. The first-order valence-electron chi connectivity index (χ1n) is 11.5. The number of anilines is 2. The van der Waals surface area contributed by atoms with E-state index in [-0.39, 0.29) is 17.1 Å². The van der Waals surface area contributed by atoms with Crippen molar-refractivity contribution in [1.82, 2.24) is 5.01 Å². The van der Waals surface area contributed by atoms with Crippen LogP contribution >= 0.6 is 0 Å². The van der Waals surface area contributed by atoms with Gasteiger partial charge in [-0.25, -0.2) is 22.6 Å². The summed E-state index contributed by atoms with van der Waals surface area (Å²) < 4.78 is 39.5. The first kappa shape index (κ1) is 25.9. The molecular weight excluding hydrogens is 491 g/mol. The fourth-order valence-electron chi connectivity index (χ4n) is 3.85. The Kier molecular flexibility index (Phi) is 7.86. The molecule has 4 aromatic carbocycles. The van der Waals surface area contributed by atoms with E-state index in [1.54, 1.807) is 30.3 Å². The van der Waals surface area contributed by atoms with E-state index in [4.69, 9.17) is 5.73 Å². The van der Waals surface area contributed by atoms with Gasteiger partial charge in [-0.2, -0.15) is 0 Å². The second-order valence-corrected chi connectivity index (χ2v) is 10.5. The number of hydrogen-bond acceptors (Lipinski definition) is 5. The number of benzene rings is 4. The minimum atomic E-state index is -3.51. The van der Waals surface area contributed by atoms with Crippen LogP contribution in [0.2, 0.25) is 0 Å². The minimum absolute atomic E-state index is 0.0406. The van der Waals surface area contributed by atoms with E-state index in [0.717, 1.165) is 17.4 Å². The normalized spacial score (nSPS) is 11.1. The van der Waals surface area contributed by atoms with E-state index in [9.17, 15) is 13.2 Å². The zero-order chi connectivity index (χ0) is 26.4. The van der Waals surface area contributed by atoms with Crippen molar-refractivity contribution in [2.45, 2.75) is 18.0 Å². The first-order chi connectivity index (χ1) is 17.7. The number of sulfone groups is 1. The SMILES string of the molecule is CS(=O)(=O)c1ccccc1-c1ccc(NC(=O)N(Cc2ccccc2)Nc2cccc(CN)c2)c(F)c1. The molecule has 0 aliphatic carbocycles. The summed E-state index contributed by atoms with van der Waals surface area (Å²) in [6.45, 7) is 0.557. The molecule has 0 fully saturated rings. The molecule has 0 saturated heterocycles. The summed E-state index contributed by atoms with van der Waals surface area (Å²) in [5, 5.41) is 3.95. The Morgan fingerprint density at radius 2 is 1.59 bits per heavy atom. The molecule has 4 aromatic rings. The lowest BCUT2D eigenvalue weighted by Gasteiger charge is -2.25. The first-order valence-corrected chi connectivity index (χ1v) is 13.4. The smallest absolute Gasteiger partial charge is 0.326 e.